The molecule has 2 aliphatic rings. The Kier molecular flexibility index (Phi) is 3.35. The molecule has 1 aromatic carbocycles. The van der Waals surface area contributed by atoms with Crippen LogP contribution in [0.5, 0.6) is 11.5 Å². The molecule has 3 nitrogen and oxygen atoms in total. The van der Waals surface area contributed by atoms with Gasteiger partial charge in [-0.1, -0.05) is 11.6 Å². The number of ether oxygens (including phenoxy) is 2. The number of hydrogen-bond donors (Lipinski definition) is 1. The van der Waals surface area contributed by atoms with Gasteiger partial charge in [-0.25, -0.2) is 0 Å². The van der Waals surface area contributed by atoms with Gasteiger partial charge < -0.3 is 14.6 Å². The van der Waals surface area contributed by atoms with Crippen LogP contribution in [-0.4, -0.2) is 24.4 Å². The zero-order valence-electron chi connectivity index (χ0n) is 11.1. The molecule has 2 aliphatic carbocycles. The minimum atomic E-state index is -0.551. The number of methoxy groups -OCH3 is 1. The highest BCUT2D eigenvalue weighted by atomic mass is 35.5. The highest BCUT2D eigenvalue weighted by Crippen LogP contribution is 2.42. The maximum atomic E-state index is 9.99. The zero-order valence-corrected chi connectivity index (χ0v) is 11.9. The Morgan fingerprint density at radius 3 is 2.63 bits per heavy atom. The van der Waals surface area contributed by atoms with Crippen molar-refractivity contribution in [1.29, 1.82) is 0 Å². The predicted octanol–water partition coefficient (Wildman–Crippen LogP) is 3.20. The van der Waals surface area contributed by atoms with Gasteiger partial charge in [0.1, 0.15) is 0 Å². The smallest absolute Gasteiger partial charge is 0.162 e. The fraction of sp³-hybridized carbons (Fsp3) is 0.600. The van der Waals surface area contributed by atoms with E-state index in [-0.39, 0.29) is 0 Å². The summed E-state index contributed by atoms with van der Waals surface area (Å²) in [5.41, 5.74) is 0.377. The Hall–Kier alpha value is -0.930. The highest BCUT2D eigenvalue weighted by Gasteiger charge is 2.40. The van der Waals surface area contributed by atoms with Gasteiger partial charge in [-0.2, -0.15) is 0 Å². The van der Waals surface area contributed by atoms with Crippen molar-refractivity contribution in [3.8, 4) is 11.5 Å². The molecule has 19 heavy (non-hydrogen) atoms. The summed E-state index contributed by atoms with van der Waals surface area (Å²) >= 11 is 6.28. The molecule has 0 bridgehead atoms. The molecule has 3 rings (SSSR count). The summed E-state index contributed by atoms with van der Waals surface area (Å²) < 4.78 is 11.1. The number of hydrogen-bond acceptors (Lipinski definition) is 3. The fourth-order valence-corrected chi connectivity index (χ4v) is 2.37. The van der Waals surface area contributed by atoms with Gasteiger partial charge in [0.25, 0.3) is 0 Å². The standard InChI is InChI=1S/C15H19ClO3/c1-18-13-6-11(8-15(17)4-5-15)12(16)7-14(13)19-9-10-2-3-10/h6-7,10,17H,2-5,8-9H2,1H3. The van der Waals surface area contributed by atoms with Crippen LogP contribution >= 0.6 is 11.6 Å². The molecular weight excluding hydrogens is 264 g/mol. The van der Waals surface area contributed by atoms with Gasteiger partial charge >= 0.3 is 0 Å². The average Bonchev–Trinajstić information content (AvgIpc) is 3.28. The van der Waals surface area contributed by atoms with Gasteiger partial charge in [-0.3, -0.25) is 0 Å². The third kappa shape index (κ3) is 3.15. The number of benzene rings is 1. The molecule has 0 heterocycles. The predicted molar refractivity (Wildman–Crippen MR) is 74.1 cm³/mol. The van der Waals surface area contributed by atoms with Crippen LogP contribution in [0, 0.1) is 5.92 Å². The lowest BCUT2D eigenvalue weighted by molar-refractivity contribution is 0.151. The summed E-state index contributed by atoms with van der Waals surface area (Å²) in [4.78, 5) is 0. The minimum absolute atomic E-state index is 0.551. The molecule has 0 saturated heterocycles. The van der Waals surface area contributed by atoms with Crippen LogP contribution in [0.3, 0.4) is 0 Å². The molecule has 2 fully saturated rings. The normalized spacial score (nSPS) is 20.2. The molecule has 4 heteroatoms. The fourth-order valence-electron chi connectivity index (χ4n) is 2.15. The van der Waals surface area contributed by atoms with E-state index in [9.17, 15) is 5.11 Å². The second kappa shape index (κ2) is 4.88. The van der Waals surface area contributed by atoms with E-state index >= 15 is 0 Å². The van der Waals surface area contributed by atoms with Gasteiger partial charge in [0.15, 0.2) is 11.5 Å². The van der Waals surface area contributed by atoms with Crippen LogP contribution in [0.2, 0.25) is 5.02 Å². The van der Waals surface area contributed by atoms with Crippen LogP contribution < -0.4 is 9.47 Å². The van der Waals surface area contributed by atoms with Crippen molar-refractivity contribution in [2.45, 2.75) is 37.7 Å². The molecule has 0 atom stereocenters. The first-order valence-electron chi connectivity index (χ1n) is 6.81. The highest BCUT2D eigenvalue weighted by molar-refractivity contribution is 6.31. The van der Waals surface area contributed by atoms with Crippen LogP contribution in [0.4, 0.5) is 0 Å². The van der Waals surface area contributed by atoms with Crippen molar-refractivity contribution >= 4 is 11.6 Å². The summed E-state index contributed by atoms with van der Waals surface area (Å²) in [5, 5.41) is 10.6. The van der Waals surface area contributed by atoms with E-state index < -0.39 is 5.60 Å². The minimum Gasteiger partial charge on any atom is -0.493 e. The molecular formula is C15H19ClO3. The van der Waals surface area contributed by atoms with Crippen LogP contribution in [-0.2, 0) is 6.42 Å². The lowest BCUT2D eigenvalue weighted by Crippen LogP contribution is -2.11. The quantitative estimate of drug-likeness (QED) is 0.871. The molecule has 0 aliphatic heterocycles. The Morgan fingerprint density at radius 1 is 1.32 bits per heavy atom. The maximum absolute atomic E-state index is 9.99. The second-order valence-corrected chi connectivity index (χ2v) is 6.16. The first kappa shape index (κ1) is 13.1. The summed E-state index contributed by atoms with van der Waals surface area (Å²) in [6.07, 6.45) is 4.80. The third-order valence-corrected chi connectivity index (χ3v) is 4.20. The SMILES string of the molecule is COc1cc(CC2(O)CC2)c(Cl)cc1OCC1CC1. The maximum Gasteiger partial charge on any atom is 0.162 e. The van der Waals surface area contributed by atoms with Gasteiger partial charge in [-0.15, -0.1) is 0 Å². The van der Waals surface area contributed by atoms with Gasteiger partial charge in [-0.05, 0) is 43.2 Å². The summed E-state index contributed by atoms with van der Waals surface area (Å²) in [6.45, 7) is 0.732. The topological polar surface area (TPSA) is 38.7 Å². The van der Waals surface area contributed by atoms with E-state index in [1.54, 1.807) is 7.11 Å². The van der Waals surface area contributed by atoms with E-state index in [2.05, 4.69) is 0 Å². The van der Waals surface area contributed by atoms with Crippen molar-refractivity contribution in [1.82, 2.24) is 0 Å². The van der Waals surface area contributed by atoms with Gasteiger partial charge in [0.05, 0.1) is 19.3 Å². The molecule has 1 N–H and O–H groups in total. The summed E-state index contributed by atoms with van der Waals surface area (Å²) in [6, 6.07) is 3.70. The Balaban J connectivity index is 1.77. The largest absolute Gasteiger partial charge is 0.493 e. The van der Waals surface area contributed by atoms with Crippen molar-refractivity contribution < 1.29 is 14.6 Å². The molecule has 0 aromatic heterocycles. The van der Waals surface area contributed by atoms with E-state index in [4.69, 9.17) is 21.1 Å². The molecule has 1 aromatic rings. The molecule has 2 saturated carbocycles. The zero-order chi connectivity index (χ0) is 13.5. The van der Waals surface area contributed by atoms with Crippen LogP contribution in [0.25, 0.3) is 0 Å². The Bertz CT molecular complexity index is 479. The molecule has 0 radical (unpaired) electrons. The number of halogens is 1. The van der Waals surface area contributed by atoms with Crippen molar-refractivity contribution in [3.05, 3.63) is 22.7 Å². The van der Waals surface area contributed by atoms with E-state index in [1.807, 2.05) is 12.1 Å². The molecule has 104 valence electrons. The van der Waals surface area contributed by atoms with Gasteiger partial charge in [0.2, 0.25) is 0 Å². The summed E-state index contributed by atoms with van der Waals surface area (Å²) in [5.74, 6) is 2.09. The van der Waals surface area contributed by atoms with E-state index in [0.29, 0.717) is 28.9 Å². The first-order chi connectivity index (χ1) is 9.09. The Labute approximate surface area is 118 Å². The van der Waals surface area contributed by atoms with Gasteiger partial charge in [0, 0.05) is 17.5 Å². The van der Waals surface area contributed by atoms with Crippen LogP contribution in [0.15, 0.2) is 12.1 Å². The lowest BCUT2D eigenvalue weighted by atomic mass is 10.1. The van der Waals surface area contributed by atoms with E-state index in [0.717, 1.165) is 25.0 Å². The lowest BCUT2D eigenvalue weighted by Gasteiger charge is -2.15. The molecule has 0 unspecified atom stereocenters. The van der Waals surface area contributed by atoms with E-state index in [1.165, 1.54) is 12.8 Å². The third-order valence-electron chi connectivity index (χ3n) is 3.85. The number of aliphatic hydroxyl groups is 1. The van der Waals surface area contributed by atoms with Crippen molar-refractivity contribution in [2.75, 3.05) is 13.7 Å². The number of rotatable bonds is 6. The first-order valence-corrected chi connectivity index (χ1v) is 7.19. The van der Waals surface area contributed by atoms with Crippen molar-refractivity contribution in [3.63, 3.8) is 0 Å². The average molecular weight is 283 g/mol. The molecule has 0 amide bonds. The van der Waals surface area contributed by atoms with Crippen LogP contribution in [0.1, 0.15) is 31.2 Å². The Morgan fingerprint density at radius 2 is 2.05 bits per heavy atom. The summed E-state index contributed by atoms with van der Waals surface area (Å²) in [7, 11) is 1.63. The monoisotopic (exact) mass is 282 g/mol. The second-order valence-electron chi connectivity index (χ2n) is 5.75. The van der Waals surface area contributed by atoms with Crippen molar-refractivity contribution in [2.24, 2.45) is 5.92 Å². The molecule has 0 spiro atoms.